The van der Waals surface area contributed by atoms with Crippen molar-refractivity contribution in [1.29, 1.82) is 0 Å². The van der Waals surface area contributed by atoms with E-state index in [1.807, 2.05) is 47.4 Å². The summed E-state index contributed by atoms with van der Waals surface area (Å²) in [5.74, 6) is 1.20. The number of hydrogen-bond donors (Lipinski definition) is 1. The van der Waals surface area contributed by atoms with Gasteiger partial charge in [0.05, 0.1) is 5.92 Å². The quantitative estimate of drug-likeness (QED) is 0.836. The van der Waals surface area contributed by atoms with Crippen LogP contribution in [0.15, 0.2) is 59.7 Å². The van der Waals surface area contributed by atoms with E-state index in [1.54, 1.807) is 0 Å². The molecular formula is C23H25ClN4O. The number of halogens is 1. The van der Waals surface area contributed by atoms with Crippen LogP contribution >= 0.6 is 11.6 Å². The zero-order chi connectivity index (χ0) is 19.8. The number of carbonyl (C=O) groups is 1. The Hall–Kier alpha value is -2.53. The third kappa shape index (κ3) is 3.38. The highest BCUT2D eigenvalue weighted by Crippen LogP contribution is 2.38. The average Bonchev–Trinajstić information content (AvgIpc) is 3.20. The van der Waals surface area contributed by atoms with Crippen LogP contribution in [0.3, 0.4) is 0 Å². The van der Waals surface area contributed by atoms with E-state index in [9.17, 15) is 4.79 Å². The Morgan fingerprint density at radius 3 is 2.72 bits per heavy atom. The van der Waals surface area contributed by atoms with Crippen molar-refractivity contribution < 1.29 is 4.79 Å². The van der Waals surface area contributed by atoms with E-state index >= 15 is 0 Å². The molecule has 2 heterocycles. The SMILES string of the molecule is O=C1C2CCCCC2N2C(c3cccc(Cl)c3)=NNC2N1CCc1ccccc1. The second kappa shape index (κ2) is 7.71. The Bertz CT molecular complexity index is 931. The zero-order valence-electron chi connectivity index (χ0n) is 16.3. The van der Waals surface area contributed by atoms with Gasteiger partial charge in [-0.3, -0.25) is 10.2 Å². The Kier molecular flexibility index (Phi) is 4.92. The van der Waals surface area contributed by atoms with Crippen LogP contribution in [0.5, 0.6) is 0 Å². The predicted molar refractivity (Wildman–Crippen MR) is 114 cm³/mol. The molecule has 2 aliphatic heterocycles. The lowest BCUT2D eigenvalue weighted by molar-refractivity contribution is -0.155. The van der Waals surface area contributed by atoms with Gasteiger partial charge in [-0.25, -0.2) is 0 Å². The summed E-state index contributed by atoms with van der Waals surface area (Å²) >= 11 is 6.25. The molecule has 1 N–H and O–H groups in total. The van der Waals surface area contributed by atoms with Gasteiger partial charge in [-0.2, -0.15) is 5.10 Å². The molecule has 3 aliphatic rings. The van der Waals surface area contributed by atoms with E-state index < -0.39 is 0 Å². The smallest absolute Gasteiger partial charge is 0.230 e. The van der Waals surface area contributed by atoms with Crippen molar-refractivity contribution in [2.24, 2.45) is 11.0 Å². The maximum atomic E-state index is 13.4. The van der Waals surface area contributed by atoms with Crippen LogP contribution in [0.4, 0.5) is 0 Å². The molecule has 1 aliphatic carbocycles. The Morgan fingerprint density at radius 2 is 1.90 bits per heavy atom. The second-order valence-electron chi connectivity index (χ2n) is 8.08. The summed E-state index contributed by atoms with van der Waals surface area (Å²) < 4.78 is 0. The zero-order valence-corrected chi connectivity index (χ0v) is 17.1. The summed E-state index contributed by atoms with van der Waals surface area (Å²) in [6.07, 6.45) is 4.87. The summed E-state index contributed by atoms with van der Waals surface area (Å²) in [5, 5.41) is 5.36. The Morgan fingerprint density at radius 1 is 1.07 bits per heavy atom. The molecule has 1 saturated heterocycles. The van der Waals surface area contributed by atoms with Gasteiger partial charge in [-0.1, -0.05) is 66.9 Å². The summed E-state index contributed by atoms with van der Waals surface area (Å²) in [4.78, 5) is 17.7. The van der Waals surface area contributed by atoms with Crippen LogP contribution in [0.2, 0.25) is 5.02 Å². The summed E-state index contributed by atoms with van der Waals surface area (Å²) in [6, 6.07) is 18.4. The van der Waals surface area contributed by atoms with Gasteiger partial charge in [0.25, 0.3) is 0 Å². The largest absolute Gasteiger partial charge is 0.312 e. The third-order valence-corrected chi connectivity index (χ3v) is 6.58. The summed E-state index contributed by atoms with van der Waals surface area (Å²) in [5.41, 5.74) is 5.49. The van der Waals surface area contributed by atoms with Crippen molar-refractivity contribution >= 4 is 23.3 Å². The number of amides is 1. The first-order chi connectivity index (χ1) is 14.2. The van der Waals surface area contributed by atoms with E-state index in [2.05, 4.69) is 27.6 Å². The lowest BCUT2D eigenvalue weighted by Gasteiger charge is -2.50. The van der Waals surface area contributed by atoms with Gasteiger partial charge in [0.1, 0.15) is 0 Å². The van der Waals surface area contributed by atoms with Gasteiger partial charge in [0.15, 0.2) is 12.1 Å². The number of amidine groups is 1. The number of hydrazone groups is 1. The highest BCUT2D eigenvalue weighted by atomic mass is 35.5. The maximum absolute atomic E-state index is 13.4. The number of nitrogens with zero attached hydrogens (tertiary/aromatic N) is 3. The monoisotopic (exact) mass is 408 g/mol. The minimum absolute atomic E-state index is 0.0417. The molecule has 1 saturated carbocycles. The lowest BCUT2D eigenvalue weighted by atomic mass is 9.80. The highest BCUT2D eigenvalue weighted by molar-refractivity contribution is 6.31. The average molecular weight is 409 g/mol. The molecule has 150 valence electrons. The van der Waals surface area contributed by atoms with Gasteiger partial charge >= 0.3 is 0 Å². The molecule has 0 spiro atoms. The van der Waals surface area contributed by atoms with Crippen molar-refractivity contribution in [3.8, 4) is 0 Å². The number of benzene rings is 2. The van der Waals surface area contributed by atoms with Crippen LogP contribution in [0.25, 0.3) is 0 Å². The lowest BCUT2D eigenvalue weighted by Crippen LogP contribution is -2.67. The molecular weight excluding hydrogens is 384 g/mol. The van der Waals surface area contributed by atoms with E-state index in [0.717, 1.165) is 43.5 Å². The third-order valence-electron chi connectivity index (χ3n) is 6.34. The maximum Gasteiger partial charge on any atom is 0.230 e. The van der Waals surface area contributed by atoms with Crippen molar-refractivity contribution in [3.05, 3.63) is 70.7 Å². The van der Waals surface area contributed by atoms with E-state index in [1.165, 1.54) is 5.56 Å². The standard InChI is InChI=1S/C23H25ClN4O/c24-18-10-6-9-17(15-18)21-25-26-23-27(14-13-16-7-2-1-3-8-16)22(29)19-11-4-5-12-20(19)28(21)23/h1-3,6-10,15,19-20,23,26H,4-5,11-14H2. The van der Waals surface area contributed by atoms with Gasteiger partial charge in [0.2, 0.25) is 5.91 Å². The first kappa shape index (κ1) is 18.5. The van der Waals surface area contributed by atoms with Crippen LogP contribution in [-0.2, 0) is 11.2 Å². The Balaban J connectivity index is 1.45. The van der Waals surface area contributed by atoms with E-state index in [0.29, 0.717) is 11.6 Å². The summed E-state index contributed by atoms with van der Waals surface area (Å²) in [6.45, 7) is 0.679. The molecule has 29 heavy (non-hydrogen) atoms. The van der Waals surface area contributed by atoms with Gasteiger partial charge in [-0.15, -0.1) is 0 Å². The molecule has 3 atom stereocenters. The summed E-state index contributed by atoms with van der Waals surface area (Å²) in [7, 11) is 0. The van der Waals surface area contributed by atoms with Crippen LogP contribution in [0.1, 0.15) is 36.8 Å². The first-order valence-electron chi connectivity index (χ1n) is 10.4. The van der Waals surface area contributed by atoms with Gasteiger partial charge in [0, 0.05) is 23.2 Å². The molecule has 0 aromatic heterocycles. The Labute approximate surface area is 176 Å². The fraction of sp³-hybridized carbons (Fsp3) is 0.391. The van der Waals surface area contributed by atoms with Crippen molar-refractivity contribution in [2.45, 2.75) is 44.4 Å². The molecule has 0 bridgehead atoms. The molecule has 0 radical (unpaired) electrons. The molecule has 5 nitrogen and oxygen atoms in total. The van der Waals surface area contributed by atoms with E-state index in [-0.39, 0.29) is 24.2 Å². The fourth-order valence-corrected chi connectivity index (χ4v) is 5.14. The number of carbonyl (C=O) groups excluding carboxylic acids is 1. The minimum atomic E-state index is -0.223. The highest BCUT2D eigenvalue weighted by Gasteiger charge is 2.50. The molecule has 2 aromatic carbocycles. The number of rotatable bonds is 4. The van der Waals surface area contributed by atoms with E-state index in [4.69, 9.17) is 11.6 Å². The molecule has 2 fully saturated rings. The predicted octanol–water partition coefficient (Wildman–Crippen LogP) is 3.83. The molecule has 2 aromatic rings. The minimum Gasteiger partial charge on any atom is -0.312 e. The van der Waals surface area contributed by atoms with Crippen molar-refractivity contribution in [3.63, 3.8) is 0 Å². The molecule has 3 unspecified atom stereocenters. The number of hydrogen-bond acceptors (Lipinski definition) is 4. The molecule has 1 amide bonds. The topological polar surface area (TPSA) is 47.9 Å². The number of nitrogens with one attached hydrogen (secondary N) is 1. The second-order valence-corrected chi connectivity index (χ2v) is 8.52. The fourth-order valence-electron chi connectivity index (χ4n) is 4.95. The number of fused-ring (bicyclic) bond motifs is 3. The van der Waals surface area contributed by atoms with Gasteiger partial charge < -0.3 is 9.80 Å². The first-order valence-corrected chi connectivity index (χ1v) is 10.8. The van der Waals surface area contributed by atoms with Crippen LogP contribution in [-0.4, -0.2) is 40.4 Å². The normalized spacial score (nSPS) is 25.9. The van der Waals surface area contributed by atoms with Crippen molar-refractivity contribution in [2.75, 3.05) is 6.54 Å². The van der Waals surface area contributed by atoms with Crippen LogP contribution in [0, 0.1) is 5.92 Å². The van der Waals surface area contributed by atoms with Crippen molar-refractivity contribution in [1.82, 2.24) is 15.2 Å². The van der Waals surface area contributed by atoms with Crippen LogP contribution < -0.4 is 5.43 Å². The van der Waals surface area contributed by atoms with Gasteiger partial charge in [-0.05, 0) is 37.0 Å². The molecule has 5 rings (SSSR count). The molecule has 6 heteroatoms.